The predicted molar refractivity (Wildman–Crippen MR) is 78.2 cm³/mol. The van der Waals surface area contributed by atoms with Gasteiger partial charge in [-0.05, 0) is 30.4 Å². The second kappa shape index (κ2) is 7.17. The minimum atomic E-state index is -2.93. The average molecular weight is 311 g/mol. The summed E-state index contributed by atoms with van der Waals surface area (Å²) in [5.74, 6) is -0.476. The third kappa shape index (κ3) is 4.53. The monoisotopic (exact) mass is 311 g/mol. The first-order chi connectivity index (χ1) is 10.1. The molecule has 0 atom stereocenters. The second-order valence-corrected chi connectivity index (χ2v) is 5.40. The first kappa shape index (κ1) is 15.4. The van der Waals surface area contributed by atoms with Gasteiger partial charge in [-0.3, -0.25) is 4.79 Å². The van der Waals surface area contributed by atoms with Gasteiger partial charge in [-0.25, -0.2) is 0 Å². The van der Waals surface area contributed by atoms with Gasteiger partial charge in [-0.2, -0.15) is 8.78 Å². The van der Waals surface area contributed by atoms with Crippen LogP contribution < -0.4 is 10.1 Å². The summed E-state index contributed by atoms with van der Waals surface area (Å²) in [5.41, 5.74) is 2.27. The summed E-state index contributed by atoms with van der Waals surface area (Å²) < 4.78 is 28.7. The van der Waals surface area contributed by atoms with E-state index in [9.17, 15) is 13.6 Å². The van der Waals surface area contributed by atoms with E-state index in [4.69, 9.17) is 0 Å². The van der Waals surface area contributed by atoms with Crippen LogP contribution in [0.1, 0.15) is 20.8 Å². The number of aryl methyl sites for hydroxylation is 1. The number of hydrogen-bond acceptors (Lipinski definition) is 3. The minimum absolute atomic E-state index is 0.0805. The van der Waals surface area contributed by atoms with Crippen LogP contribution >= 0.6 is 11.3 Å². The zero-order valence-electron chi connectivity index (χ0n) is 11.4. The molecule has 0 fully saturated rings. The third-order valence-corrected chi connectivity index (χ3v) is 3.73. The SMILES string of the molecule is Cc1cccc(CCNC(=O)c2sccc2OC(F)F)c1. The van der Waals surface area contributed by atoms with Crippen molar-refractivity contribution >= 4 is 17.2 Å². The molecule has 1 heterocycles. The molecule has 0 aliphatic rings. The molecule has 0 saturated carbocycles. The van der Waals surface area contributed by atoms with E-state index in [1.54, 1.807) is 5.38 Å². The van der Waals surface area contributed by atoms with Crippen LogP contribution in [-0.4, -0.2) is 19.1 Å². The highest BCUT2D eigenvalue weighted by Crippen LogP contribution is 2.26. The molecule has 2 rings (SSSR count). The lowest BCUT2D eigenvalue weighted by atomic mass is 10.1. The number of thiophene rings is 1. The van der Waals surface area contributed by atoms with Crippen molar-refractivity contribution in [1.29, 1.82) is 0 Å². The van der Waals surface area contributed by atoms with Gasteiger partial charge in [-0.15, -0.1) is 11.3 Å². The van der Waals surface area contributed by atoms with Crippen LogP contribution in [0.5, 0.6) is 5.75 Å². The Hall–Kier alpha value is -1.95. The first-order valence-corrected chi connectivity index (χ1v) is 7.30. The molecule has 0 bridgehead atoms. The summed E-state index contributed by atoms with van der Waals surface area (Å²) in [7, 11) is 0. The Bertz CT molecular complexity index is 613. The van der Waals surface area contributed by atoms with Crippen LogP contribution in [0.2, 0.25) is 0 Å². The second-order valence-electron chi connectivity index (χ2n) is 4.49. The molecule has 1 aromatic heterocycles. The molecular weight excluding hydrogens is 296 g/mol. The molecule has 0 aliphatic carbocycles. The van der Waals surface area contributed by atoms with Crippen molar-refractivity contribution < 1.29 is 18.3 Å². The molecule has 112 valence electrons. The van der Waals surface area contributed by atoms with Crippen molar-refractivity contribution in [1.82, 2.24) is 5.32 Å². The first-order valence-electron chi connectivity index (χ1n) is 6.42. The molecule has 1 N–H and O–H groups in total. The van der Waals surface area contributed by atoms with Crippen molar-refractivity contribution in [2.45, 2.75) is 20.0 Å². The van der Waals surface area contributed by atoms with Crippen molar-refractivity contribution in [2.75, 3.05) is 6.54 Å². The number of halogens is 2. The molecule has 0 spiro atoms. The van der Waals surface area contributed by atoms with Gasteiger partial charge in [0.25, 0.3) is 5.91 Å². The molecule has 1 aromatic carbocycles. The lowest BCUT2D eigenvalue weighted by Gasteiger charge is -2.07. The summed E-state index contributed by atoms with van der Waals surface area (Å²) in [6.07, 6.45) is 0.684. The van der Waals surface area contributed by atoms with Gasteiger partial charge < -0.3 is 10.1 Å². The van der Waals surface area contributed by atoms with Crippen LogP contribution in [0.15, 0.2) is 35.7 Å². The largest absolute Gasteiger partial charge is 0.433 e. The fraction of sp³-hybridized carbons (Fsp3) is 0.267. The van der Waals surface area contributed by atoms with Crippen molar-refractivity contribution in [2.24, 2.45) is 0 Å². The van der Waals surface area contributed by atoms with Crippen molar-refractivity contribution in [3.05, 3.63) is 51.7 Å². The van der Waals surface area contributed by atoms with E-state index in [2.05, 4.69) is 10.1 Å². The van der Waals surface area contributed by atoms with Crippen molar-refractivity contribution in [3.63, 3.8) is 0 Å². The van der Waals surface area contributed by atoms with E-state index >= 15 is 0 Å². The van der Waals surface area contributed by atoms with E-state index in [1.165, 1.54) is 6.07 Å². The summed E-state index contributed by atoms with van der Waals surface area (Å²) in [5, 5.41) is 4.26. The number of benzene rings is 1. The number of rotatable bonds is 6. The minimum Gasteiger partial charge on any atom is -0.433 e. The van der Waals surface area contributed by atoms with Crippen LogP contribution in [0.4, 0.5) is 8.78 Å². The molecule has 0 radical (unpaired) electrons. The van der Waals surface area contributed by atoms with Gasteiger partial charge in [0.2, 0.25) is 0 Å². The number of alkyl halides is 2. The number of carbonyl (C=O) groups excluding carboxylic acids is 1. The number of carbonyl (C=O) groups is 1. The van der Waals surface area contributed by atoms with Crippen LogP contribution in [-0.2, 0) is 6.42 Å². The standard InChI is InChI=1S/C15H15F2NO2S/c1-10-3-2-4-11(9-10)5-7-18-14(19)13-12(6-8-21-13)20-15(16)17/h2-4,6,8-9,15H,5,7H2,1H3,(H,18,19). The molecule has 2 aromatic rings. The van der Waals surface area contributed by atoms with E-state index in [-0.39, 0.29) is 10.6 Å². The Morgan fingerprint density at radius 2 is 2.19 bits per heavy atom. The lowest BCUT2D eigenvalue weighted by molar-refractivity contribution is -0.0498. The molecule has 1 amide bonds. The maximum absolute atomic E-state index is 12.2. The van der Waals surface area contributed by atoms with E-state index in [0.29, 0.717) is 13.0 Å². The van der Waals surface area contributed by atoms with Gasteiger partial charge >= 0.3 is 6.61 Å². The van der Waals surface area contributed by atoms with Crippen LogP contribution in [0.25, 0.3) is 0 Å². The molecule has 0 aliphatic heterocycles. The molecule has 21 heavy (non-hydrogen) atoms. The predicted octanol–water partition coefficient (Wildman–Crippen LogP) is 3.63. The Kier molecular flexibility index (Phi) is 5.27. The Morgan fingerprint density at radius 3 is 2.90 bits per heavy atom. The molecule has 3 nitrogen and oxygen atoms in total. The quantitative estimate of drug-likeness (QED) is 0.884. The highest BCUT2D eigenvalue weighted by atomic mass is 32.1. The van der Waals surface area contributed by atoms with Crippen LogP contribution in [0, 0.1) is 6.92 Å². The summed E-state index contributed by atoms with van der Waals surface area (Å²) in [4.78, 5) is 12.1. The van der Waals surface area contributed by atoms with Gasteiger partial charge in [0.05, 0.1) is 0 Å². The van der Waals surface area contributed by atoms with Gasteiger partial charge in [-0.1, -0.05) is 29.8 Å². The highest BCUT2D eigenvalue weighted by molar-refractivity contribution is 7.12. The van der Waals surface area contributed by atoms with Gasteiger partial charge in [0, 0.05) is 6.54 Å². The van der Waals surface area contributed by atoms with Crippen LogP contribution in [0.3, 0.4) is 0 Å². The molecule has 0 saturated heterocycles. The number of hydrogen-bond donors (Lipinski definition) is 1. The topological polar surface area (TPSA) is 38.3 Å². The van der Waals surface area contributed by atoms with E-state index in [0.717, 1.165) is 22.5 Å². The normalized spacial score (nSPS) is 10.7. The number of ether oxygens (including phenoxy) is 1. The maximum atomic E-state index is 12.2. The summed E-state index contributed by atoms with van der Waals surface area (Å²) >= 11 is 1.08. The number of nitrogens with one attached hydrogen (secondary N) is 1. The van der Waals surface area contributed by atoms with E-state index in [1.807, 2.05) is 31.2 Å². The lowest BCUT2D eigenvalue weighted by Crippen LogP contribution is -2.25. The average Bonchev–Trinajstić information content (AvgIpc) is 2.86. The Labute approximate surface area is 125 Å². The van der Waals surface area contributed by atoms with Gasteiger partial charge in [0.1, 0.15) is 10.6 Å². The fourth-order valence-electron chi connectivity index (χ4n) is 1.92. The highest BCUT2D eigenvalue weighted by Gasteiger charge is 2.16. The maximum Gasteiger partial charge on any atom is 0.387 e. The molecular formula is C15H15F2NO2S. The summed E-state index contributed by atoms with van der Waals surface area (Å²) in [6.45, 7) is -0.492. The Morgan fingerprint density at radius 1 is 1.38 bits per heavy atom. The van der Waals surface area contributed by atoms with Gasteiger partial charge in [0.15, 0.2) is 0 Å². The Balaban J connectivity index is 1.89. The zero-order chi connectivity index (χ0) is 15.2. The molecule has 6 heteroatoms. The molecule has 0 unspecified atom stereocenters. The fourth-order valence-corrected chi connectivity index (χ4v) is 2.66. The van der Waals surface area contributed by atoms with E-state index < -0.39 is 12.5 Å². The summed E-state index contributed by atoms with van der Waals surface area (Å²) in [6, 6.07) is 9.35. The number of amides is 1. The zero-order valence-corrected chi connectivity index (χ0v) is 12.3. The van der Waals surface area contributed by atoms with Crippen molar-refractivity contribution in [3.8, 4) is 5.75 Å². The third-order valence-electron chi connectivity index (χ3n) is 2.83. The smallest absolute Gasteiger partial charge is 0.387 e.